The van der Waals surface area contributed by atoms with Crippen molar-refractivity contribution >= 4 is 22.9 Å². The molecule has 39 heavy (non-hydrogen) atoms. The van der Waals surface area contributed by atoms with E-state index in [9.17, 15) is 18.0 Å². The topological polar surface area (TPSA) is 50.9 Å². The first-order chi connectivity index (χ1) is 18.5. The predicted octanol–water partition coefficient (Wildman–Crippen LogP) is 4.77. The van der Waals surface area contributed by atoms with E-state index in [1.54, 1.807) is 6.07 Å². The molecule has 0 spiro atoms. The summed E-state index contributed by atoms with van der Waals surface area (Å²) in [6.45, 7) is 7.96. The lowest BCUT2D eigenvalue weighted by molar-refractivity contribution is -0.115. The van der Waals surface area contributed by atoms with Gasteiger partial charge in [-0.3, -0.25) is 14.6 Å². The van der Waals surface area contributed by atoms with Crippen LogP contribution in [0.15, 0.2) is 41.6 Å². The minimum Gasteiger partial charge on any atom is -0.387 e. The van der Waals surface area contributed by atoms with Crippen molar-refractivity contribution in [1.29, 1.82) is 0 Å². The summed E-state index contributed by atoms with van der Waals surface area (Å²) >= 11 is 0. The van der Waals surface area contributed by atoms with Gasteiger partial charge in [0, 0.05) is 63.1 Å². The normalized spacial score (nSPS) is 25.0. The van der Waals surface area contributed by atoms with Crippen LogP contribution in [0.5, 0.6) is 0 Å². The molecule has 5 rings (SSSR count). The number of amides is 1. The van der Waals surface area contributed by atoms with Crippen LogP contribution in [0, 0.1) is 11.7 Å². The van der Waals surface area contributed by atoms with E-state index >= 15 is 4.39 Å². The number of piperazine rings is 1. The molecule has 10 heteroatoms. The first-order valence-corrected chi connectivity index (χ1v) is 13.8. The van der Waals surface area contributed by atoms with E-state index in [2.05, 4.69) is 34.3 Å². The van der Waals surface area contributed by atoms with E-state index in [1.165, 1.54) is 18.9 Å². The largest absolute Gasteiger partial charge is 0.416 e. The second kappa shape index (κ2) is 11.0. The molecule has 1 saturated carbocycles. The molecular formula is C29H37F4N5O. The molecular weight excluding hydrogens is 510 g/mol. The van der Waals surface area contributed by atoms with E-state index in [0.717, 1.165) is 43.4 Å². The summed E-state index contributed by atoms with van der Waals surface area (Å²) in [4.78, 5) is 19.9. The molecule has 0 bridgehead atoms. The smallest absolute Gasteiger partial charge is 0.387 e. The minimum atomic E-state index is -4.66. The monoisotopic (exact) mass is 547 g/mol. The van der Waals surface area contributed by atoms with Gasteiger partial charge in [0.2, 0.25) is 0 Å². The quantitative estimate of drug-likeness (QED) is 0.503. The van der Waals surface area contributed by atoms with Crippen LogP contribution in [0.2, 0.25) is 0 Å². The highest BCUT2D eigenvalue weighted by atomic mass is 19.4. The summed E-state index contributed by atoms with van der Waals surface area (Å²) in [5.74, 6) is -0.503. The third kappa shape index (κ3) is 6.17. The molecule has 0 radical (unpaired) electrons. The molecule has 2 N–H and O–H groups in total. The summed E-state index contributed by atoms with van der Waals surface area (Å²) in [7, 11) is 2.04. The molecule has 212 valence electrons. The number of dihydropyridines is 1. The summed E-state index contributed by atoms with van der Waals surface area (Å²) in [5, 5.41) is 5.43. The molecule has 6 nitrogen and oxygen atoms in total. The van der Waals surface area contributed by atoms with Gasteiger partial charge in [-0.2, -0.15) is 13.2 Å². The molecule has 1 amide bonds. The molecule has 1 aliphatic carbocycles. The Morgan fingerprint density at radius 2 is 1.85 bits per heavy atom. The molecule has 1 aromatic carbocycles. The molecule has 0 aromatic heterocycles. The van der Waals surface area contributed by atoms with Crippen LogP contribution in [0.25, 0.3) is 5.57 Å². The van der Waals surface area contributed by atoms with Crippen LogP contribution in [-0.2, 0) is 4.79 Å². The van der Waals surface area contributed by atoms with Gasteiger partial charge in [-0.25, -0.2) is 4.39 Å². The van der Waals surface area contributed by atoms with Crippen molar-refractivity contribution in [2.24, 2.45) is 5.92 Å². The highest BCUT2D eigenvalue weighted by Crippen LogP contribution is 2.38. The second-order valence-electron chi connectivity index (χ2n) is 11.3. The fourth-order valence-electron chi connectivity index (χ4n) is 5.71. The minimum absolute atomic E-state index is 0.0133. The molecule has 1 saturated heterocycles. The number of nitrogens with one attached hydrogen (secondary N) is 2. The zero-order valence-electron chi connectivity index (χ0n) is 22.7. The number of hydrogen-bond donors (Lipinski definition) is 2. The van der Waals surface area contributed by atoms with Crippen molar-refractivity contribution in [1.82, 2.24) is 15.1 Å². The lowest BCUT2D eigenvalue weighted by atomic mass is 9.96. The van der Waals surface area contributed by atoms with Crippen LogP contribution in [-0.4, -0.2) is 80.3 Å². The Morgan fingerprint density at radius 1 is 1.13 bits per heavy atom. The first-order valence-electron chi connectivity index (χ1n) is 13.8. The number of nitrogens with zero attached hydrogens (tertiary/aromatic N) is 3. The van der Waals surface area contributed by atoms with Crippen molar-refractivity contribution < 1.29 is 22.4 Å². The number of carbonyl (C=O) groups is 1. The van der Waals surface area contributed by atoms with E-state index in [4.69, 9.17) is 0 Å². The van der Waals surface area contributed by atoms with Crippen molar-refractivity contribution in [3.8, 4) is 0 Å². The van der Waals surface area contributed by atoms with Gasteiger partial charge in [-0.1, -0.05) is 12.2 Å². The lowest BCUT2D eigenvalue weighted by Gasteiger charge is -2.44. The zero-order chi connectivity index (χ0) is 27.9. The Kier molecular flexibility index (Phi) is 7.79. The van der Waals surface area contributed by atoms with E-state index in [0.29, 0.717) is 36.4 Å². The fraction of sp³-hybridized carbons (Fsp3) is 0.552. The summed E-state index contributed by atoms with van der Waals surface area (Å²) in [6.07, 6.45) is 2.66. The van der Waals surface area contributed by atoms with E-state index in [1.807, 2.05) is 18.0 Å². The maximum atomic E-state index is 15.7. The van der Waals surface area contributed by atoms with Gasteiger partial charge in [0.1, 0.15) is 5.82 Å². The van der Waals surface area contributed by atoms with Crippen molar-refractivity contribution in [3.05, 3.63) is 53.0 Å². The summed E-state index contributed by atoms with van der Waals surface area (Å²) < 4.78 is 56.7. The van der Waals surface area contributed by atoms with Crippen LogP contribution >= 0.6 is 0 Å². The van der Waals surface area contributed by atoms with Gasteiger partial charge in [0.25, 0.3) is 5.91 Å². The summed E-state index contributed by atoms with van der Waals surface area (Å²) in [6, 6.07) is 3.38. The average molecular weight is 548 g/mol. The third-order valence-electron chi connectivity index (χ3n) is 8.40. The van der Waals surface area contributed by atoms with Crippen molar-refractivity contribution in [2.75, 3.05) is 56.5 Å². The fourth-order valence-corrected chi connectivity index (χ4v) is 5.71. The Morgan fingerprint density at radius 3 is 2.46 bits per heavy atom. The molecule has 0 unspecified atom stereocenters. The van der Waals surface area contributed by atoms with Crippen molar-refractivity contribution in [2.45, 2.75) is 51.4 Å². The van der Waals surface area contributed by atoms with E-state index in [-0.39, 0.29) is 18.6 Å². The van der Waals surface area contributed by atoms with Gasteiger partial charge in [0.05, 0.1) is 22.5 Å². The molecule has 1 aromatic rings. The number of hydrogen-bond acceptors (Lipinski definition) is 5. The Labute approximate surface area is 227 Å². The van der Waals surface area contributed by atoms with Gasteiger partial charge in [0.15, 0.2) is 0 Å². The number of alkyl halides is 3. The van der Waals surface area contributed by atoms with Gasteiger partial charge < -0.3 is 15.5 Å². The second-order valence-corrected chi connectivity index (χ2v) is 11.3. The summed E-state index contributed by atoms with van der Waals surface area (Å²) in [5.41, 5.74) is 0.571. The molecule has 3 heterocycles. The Balaban J connectivity index is 1.47. The maximum Gasteiger partial charge on any atom is 0.416 e. The van der Waals surface area contributed by atoms with Crippen molar-refractivity contribution in [3.63, 3.8) is 0 Å². The van der Waals surface area contributed by atoms with Crippen LogP contribution in [0.4, 0.5) is 28.9 Å². The Bertz CT molecular complexity index is 1190. The first kappa shape index (κ1) is 27.7. The number of anilines is 2. The number of likely N-dealkylation sites (N-methyl/N-ethyl adjacent to an activating group) is 1. The Hall–Kier alpha value is -2.85. The highest BCUT2D eigenvalue weighted by Gasteiger charge is 2.39. The van der Waals surface area contributed by atoms with Gasteiger partial charge >= 0.3 is 6.18 Å². The number of rotatable bonds is 6. The van der Waals surface area contributed by atoms with Gasteiger partial charge in [-0.15, -0.1) is 0 Å². The van der Waals surface area contributed by atoms with Crippen LogP contribution in [0.1, 0.15) is 38.7 Å². The maximum absolute atomic E-state index is 15.7. The number of benzene rings is 1. The predicted molar refractivity (Wildman–Crippen MR) is 146 cm³/mol. The number of halogens is 4. The molecule has 3 aliphatic heterocycles. The van der Waals surface area contributed by atoms with Gasteiger partial charge in [-0.05, 0) is 63.8 Å². The van der Waals surface area contributed by atoms with Crippen LogP contribution in [0.3, 0.4) is 0 Å². The SMILES string of the molecule is C[C@@H]1CN(c2cc(F)c(C3=CCN(CC4CC4)CC3)cc2NC(=O)C2=CNCC=C2C(F)(F)F)C[C@H](C)N1C. The van der Waals surface area contributed by atoms with Crippen LogP contribution < -0.4 is 15.5 Å². The molecule has 2 fully saturated rings. The highest BCUT2D eigenvalue weighted by molar-refractivity contribution is 6.09. The lowest BCUT2D eigenvalue weighted by Crippen LogP contribution is -2.55. The molecule has 2 atom stereocenters. The van der Waals surface area contributed by atoms with E-state index < -0.39 is 29.0 Å². The number of carbonyl (C=O) groups excluding carboxylic acids is 1. The standard InChI is InChI=1S/C29H37F4N5O/c1-18-15-38(16-19(2)36(18)3)27-13-25(30)22(21-7-10-37(11-8-21)17-20-4-5-20)12-26(27)35-28(39)23-14-34-9-6-24(23)29(31,32)33/h6-7,12-14,18-20,34H,4-5,8-11,15-17H2,1-3H3,(H,35,39)/t18-,19+. The average Bonchev–Trinajstić information content (AvgIpc) is 3.72. The molecule has 4 aliphatic rings. The zero-order valence-corrected chi connectivity index (χ0v) is 22.7. The third-order valence-corrected chi connectivity index (χ3v) is 8.40.